The van der Waals surface area contributed by atoms with Gasteiger partial charge in [-0.15, -0.1) is 11.6 Å². The van der Waals surface area contributed by atoms with E-state index in [9.17, 15) is 4.79 Å². The number of rotatable bonds is 4. The zero-order valence-electron chi connectivity index (χ0n) is 10.4. The average molecular weight is 267 g/mol. The fourth-order valence-electron chi connectivity index (χ4n) is 1.57. The molecule has 2 aromatic rings. The maximum absolute atomic E-state index is 12.2. The molecule has 1 N–H and O–H groups in total. The van der Waals surface area contributed by atoms with Gasteiger partial charge in [0.15, 0.2) is 0 Å². The molecule has 0 bridgehead atoms. The van der Waals surface area contributed by atoms with Gasteiger partial charge in [0.05, 0.1) is 29.0 Å². The number of aromatic nitrogens is 3. The first-order valence-corrected chi connectivity index (χ1v) is 6.29. The van der Waals surface area contributed by atoms with Crippen LogP contribution in [0.5, 0.6) is 0 Å². The Morgan fingerprint density at radius 3 is 3.00 bits per heavy atom. The number of halogens is 1. The van der Waals surface area contributed by atoms with E-state index in [2.05, 4.69) is 15.4 Å². The van der Waals surface area contributed by atoms with Crippen LogP contribution in [0.2, 0.25) is 0 Å². The van der Waals surface area contributed by atoms with Crippen LogP contribution in [-0.4, -0.2) is 31.9 Å². The molecule has 1 amide bonds. The first-order chi connectivity index (χ1) is 8.59. The van der Waals surface area contributed by atoms with Crippen LogP contribution in [0.15, 0.2) is 24.8 Å². The Bertz CT molecular complexity index is 562. The fraction of sp³-hybridized carbons (Fsp3) is 0.417. The van der Waals surface area contributed by atoms with E-state index < -0.39 is 5.54 Å². The molecule has 2 rings (SSSR count). The van der Waals surface area contributed by atoms with Crippen molar-refractivity contribution < 1.29 is 4.79 Å². The molecule has 0 aliphatic heterocycles. The molecule has 1 unspecified atom stereocenters. The molecule has 18 heavy (non-hydrogen) atoms. The third kappa shape index (κ3) is 2.31. The van der Waals surface area contributed by atoms with Crippen molar-refractivity contribution in [1.82, 2.24) is 19.9 Å². The number of nitrogens with one attached hydrogen (secondary N) is 1. The van der Waals surface area contributed by atoms with Gasteiger partial charge in [-0.3, -0.25) is 9.78 Å². The van der Waals surface area contributed by atoms with E-state index in [0.29, 0.717) is 17.0 Å². The van der Waals surface area contributed by atoms with Crippen molar-refractivity contribution in [2.24, 2.45) is 0 Å². The van der Waals surface area contributed by atoms with Crippen molar-refractivity contribution in [3.05, 3.63) is 30.4 Å². The number of alkyl halides is 1. The van der Waals surface area contributed by atoms with E-state index in [1.165, 1.54) is 6.20 Å². The van der Waals surface area contributed by atoms with Crippen LogP contribution in [0, 0.1) is 0 Å². The molecule has 96 valence electrons. The summed E-state index contributed by atoms with van der Waals surface area (Å²) in [5, 5.41) is 7.04. The van der Waals surface area contributed by atoms with E-state index in [4.69, 9.17) is 11.6 Å². The minimum Gasteiger partial charge on any atom is -0.346 e. The molecule has 0 saturated heterocycles. The van der Waals surface area contributed by atoms with Gasteiger partial charge >= 0.3 is 0 Å². The van der Waals surface area contributed by atoms with Crippen LogP contribution in [0.1, 0.15) is 30.6 Å². The normalized spacial score (nSPS) is 14.4. The van der Waals surface area contributed by atoms with Crippen molar-refractivity contribution in [1.29, 1.82) is 0 Å². The minimum absolute atomic E-state index is 0.178. The minimum atomic E-state index is -0.408. The lowest BCUT2D eigenvalue weighted by Crippen LogP contribution is -2.47. The van der Waals surface area contributed by atoms with E-state index in [-0.39, 0.29) is 5.91 Å². The van der Waals surface area contributed by atoms with Gasteiger partial charge in [-0.25, -0.2) is 4.52 Å². The zero-order chi connectivity index (χ0) is 13.2. The van der Waals surface area contributed by atoms with Gasteiger partial charge in [-0.05, 0) is 13.3 Å². The molecule has 0 aliphatic rings. The Kier molecular flexibility index (Phi) is 3.52. The summed E-state index contributed by atoms with van der Waals surface area (Å²) in [7, 11) is 0. The van der Waals surface area contributed by atoms with Crippen molar-refractivity contribution in [2.45, 2.75) is 25.8 Å². The highest BCUT2D eigenvalue weighted by Gasteiger charge is 2.25. The van der Waals surface area contributed by atoms with Crippen LogP contribution in [0.3, 0.4) is 0 Å². The number of fused-ring (bicyclic) bond motifs is 1. The lowest BCUT2D eigenvalue weighted by Gasteiger charge is -2.26. The third-order valence-corrected chi connectivity index (χ3v) is 3.65. The Morgan fingerprint density at radius 1 is 1.56 bits per heavy atom. The lowest BCUT2D eigenvalue weighted by molar-refractivity contribution is 0.0914. The predicted molar refractivity (Wildman–Crippen MR) is 69.9 cm³/mol. The highest BCUT2D eigenvalue weighted by atomic mass is 35.5. The molecule has 0 saturated carbocycles. The highest BCUT2D eigenvalue weighted by molar-refractivity contribution is 6.19. The molecular formula is C12H15ClN4O. The molecule has 0 spiro atoms. The maximum atomic E-state index is 12.2. The third-order valence-electron chi connectivity index (χ3n) is 3.06. The summed E-state index contributed by atoms with van der Waals surface area (Å²) in [6.07, 6.45) is 7.24. The van der Waals surface area contributed by atoms with Gasteiger partial charge in [-0.2, -0.15) is 5.10 Å². The van der Waals surface area contributed by atoms with Crippen molar-refractivity contribution in [3.63, 3.8) is 0 Å². The molecule has 0 radical (unpaired) electrons. The summed E-state index contributed by atoms with van der Waals surface area (Å²) >= 11 is 5.88. The summed E-state index contributed by atoms with van der Waals surface area (Å²) in [4.78, 5) is 16.2. The zero-order valence-corrected chi connectivity index (χ0v) is 11.1. The molecular weight excluding hydrogens is 252 g/mol. The van der Waals surface area contributed by atoms with Gasteiger partial charge in [0.2, 0.25) is 0 Å². The predicted octanol–water partition coefficient (Wildman–Crippen LogP) is 1.87. The second-order valence-corrected chi connectivity index (χ2v) is 4.73. The van der Waals surface area contributed by atoms with Gasteiger partial charge in [0.1, 0.15) is 0 Å². The van der Waals surface area contributed by atoms with Gasteiger partial charge in [-0.1, -0.05) is 6.92 Å². The smallest absolute Gasteiger partial charge is 0.255 e. The Hall–Kier alpha value is -1.62. The fourth-order valence-corrected chi connectivity index (χ4v) is 1.82. The summed E-state index contributed by atoms with van der Waals surface area (Å²) in [5.41, 5.74) is 0.783. The molecule has 6 heteroatoms. The van der Waals surface area contributed by atoms with Crippen LogP contribution in [0.25, 0.3) is 5.52 Å². The molecule has 2 heterocycles. The summed E-state index contributed by atoms with van der Waals surface area (Å²) in [5.74, 6) is 0.190. The molecule has 0 aliphatic carbocycles. The van der Waals surface area contributed by atoms with Gasteiger partial charge in [0, 0.05) is 18.3 Å². The first-order valence-electron chi connectivity index (χ1n) is 5.75. The van der Waals surface area contributed by atoms with Crippen molar-refractivity contribution >= 4 is 23.0 Å². The van der Waals surface area contributed by atoms with Crippen molar-refractivity contribution in [2.75, 3.05) is 5.88 Å². The van der Waals surface area contributed by atoms with Crippen molar-refractivity contribution in [3.8, 4) is 0 Å². The van der Waals surface area contributed by atoms with Crippen LogP contribution in [0.4, 0.5) is 0 Å². The summed E-state index contributed by atoms with van der Waals surface area (Å²) in [6.45, 7) is 3.90. The Labute approximate surface area is 110 Å². The quantitative estimate of drug-likeness (QED) is 0.860. The maximum Gasteiger partial charge on any atom is 0.255 e. The lowest BCUT2D eigenvalue weighted by atomic mass is 10.0. The Morgan fingerprint density at radius 2 is 2.33 bits per heavy atom. The molecule has 5 nitrogen and oxygen atoms in total. The second-order valence-electron chi connectivity index (χ2n) is 4.47. The van der Waals surface area contributed by atoms with E-state index in [1.54, 1.807) is 23.1 Å². The highest BCUT2D eigenvalue weighted by Crippen LogP contribution is 2.14. The number of carbonyl (C=O) groups excluding carboxylic acids is 1. The number of amides is 1. The van der Waals surface area contributed by atoms with E-state index >= 15 is 0 Å². The number of hydrogen-bond acceptors (Lipinski definition) is 3. The largest absolute Gasteiger partial charge is 0.346 e. The summed E-state index contributed by atoms with van der Waals surface area (Å²) < 4.78 is 1.62. The van der Waals surface area contributed by atoms with Crippen LogP contribution < -0.4 is 5.32 Å². The molecule has 1 atom stereocenters. The molecule has 2 aromatic heterocycles. The average Bonchev–Trinajstić information content (AvgIpc) is 2.82. The van der Waals surface area contributed by atoms with Gasteiger partial charge in [0.25, 0.3) is 5.91 Å². The summed E-state index contributed by atoms with van der Waals surface area (Å²) in [6, 6.07) is 0. The van der Waals surface area contributed by atoms with E-state index in [1.807, 2.05) is 13.8 Å². The van der Waals surface area contributed by atoms with Gasteiger partial charge < -0.3 is 5.32 Å². The monoisotopic (exact) mass is 266 g/mol. The SMILES string of the molecule is CCC(C)(CCl)NC(=O)c1cnn2ccncc12. The molecule has 0 aromatic carbocycles. The Balaban J connectivity index is 2.29. The van der Waals surface area contributed by atoms with E-state index in [0.717, 1.165) is 6.42 Å². The van der Waals surface area contributed by atoms with Crippen LogP contribution in [-0.2, 0) is 0 Å². The van der Waals surface area contributed by atoms with Crippen LogP contribution >= 0.6 is 11.6 Å². The first kappa shape index (κ1) is 12.8. The molecule has 0 fully saturated rings. The number of nitrogens with zero attached hydrogens (tertiary/aromatic N) is 3. The number of carbonyl (C=O) groups is 1. The standard InChI is InChI=1S/C12H15ClN4O/c1-3-12(2,8-13)16-11(18)9-6-15-17-5-4-14-7-10(9)17/h4-7H,3,8H2,1-2H3,(H,16,18). The topological polar surface area (TPSA) is 59.3 Å². The number of hydrogen-bond donors (Lipinski definition) is 1. The second kappa shape index (κ2) is 4.94.